The lowest BCUT2D eigenvalue weighted by atomic mass is 9.99. The quantitative estimate of drug-likeness (QED) is 0.432. The van der Waals surface area contributed by atoms with Crippen LogP contribution in [-0.2, 0) is 13.0 Å². The summed E-state index contributed by atoms with van der Waals surface area (Å²) in [4.78, 5) is 16.4. The number of aromatic nitrogens is 2. The molecule has 5 heteroatoms. The van der Waals surface area contributed by atoms with E-state index in [1.165, 1.54) is 0 Å². The first kappa shape index (κ1) is 19.7. The number of hydrogen-bond acceptors (Lipinski definition) is 3. The van der Waals surface area contributed by atoms with E-state index in [9.17, 15) is 9.90 Å². The van der Waals surface area contributed by atoms with Crippen LogP contribution < -0.4 is 5.73 Å². The number of aromatic carboxylic acids is 1. The Morgan fingerprint density at radius 2 is 1.83 bits per heavy atom. The maximum atomic E-state index is 11.5. The van der Waals surface area contributed by atoms with E-state index in [0.29, 0.717) is 12.1 Å². The van der Waals surface area contributed by atoms with Crippen molar-refractivity contribution in [3.8, 4) is 11.1 Å². The van der Waals surface area contributed by atoms with Gasteiger partial charge in [-0.05, 0) is 53.8 Å². The van der Waals surface area contributed by atoms with Crippen LogP contribution in [0.2, 0.25) is 0 Å². The molecular formula is C25H25N3O2. The van der Waals surface area contributed by atoms with Gasteiger partial charge in [0.25, 0.3) is 0 Å². The molecule has 4 aromatic rings. The molecule has 4 rings (SSSR count). The van der Waals surface area contributed by atoms with E-state index in [1.54, 1.807) is 12.1 Å². The summed E-state index contributed by atoms with van der Waals surface area (Å²) in [5, 5.41) is 9.46. The van der Waals surface area contributed by atoms with E-state index < -0.39 is 5.97 Å². The molecule has 152 valence electrons. The van der Waals surface area contributed by atoms with E-state index in [-0.39, 0.29) is 0 Å². The monoisotopic (exact) mass is 399 g/mol. The van der Waals surface area contributed by atoms with Crippen LogP contribution in [0, 0.1) is 6.92 Å². The van der Waals surface area contributed by atoms with Crippen LogP contribution in [0.5, 0.6) is 0 Å². The fraction of sp³-hybridized carbons (Fsp3) is 0.200. The van der Waals surface area contributed by atoms with Gasteiger partial charge in [0.2, 0.25) is 0 Å². The number of nitrogens with zero attached hydrogens (tertiary/aromatic N) is 2. The summed E-state index contributed by atoms with van der Waals surface area (Å²) in [6.07, 6.45) is 1.92. The van der Waals surface area contributed by atoms with Gasteiger partial charge in [-0.25, -0.2) is 9.78 Å². The third-order valence-electron chi connectivity index (χ3n) is 5.38. The zero-order chi connectivity index (χ0) is 21.3. The van der Waals surface area contributed by atoms with Crippen LogP contribution in [0.15, 0.2) is 60.7 Å². The van der Waals surface area contributed by atoms with Crippen molar-refractivity contribution in [2.45, 2.75) is 33.2 Å². The van der Waals surface area contributed by atoms with E-state index in [2.05, 4.69) is 23.6 Å². The Morgan fingerprint density at radius 1 is 1.10 bits per heavy atom. The third-order valence-corrected chi connectivity index (χ3v) is 5.38. The van der Waals surface area contributed by atoms with Gasteiger partial charge in [0, 0.05) is 18.7 Å². The summed E-state index contributed by atoms with van der Waals surface area (Å²) in [5.41, 5.74) is 13.0. The predicted octanol–water partition coefficient (Wildman–Crippen LogP) is 5.29. The first-order chi connectivity index (χ1) is 14.5. The molecule has 5 nitrogen and oxygen atoms in total. The molecule has 3 N–H and O–H groups in total. The van der Waals surface area contributed by atoms with Crippen molar-refractivity contribution in [1.82, 2.24) is 9.55 Å². The van der Waals surface area contributed by atoms with Crippen molar-refractivity contribution in [3.05, 3.63) is 83.2 Å². The van der Waals surface area contributed by atoms with Crippen LogP contribution in [0.25, 0.3) is 22.2 Å². The van der Waals surface area contributed by atoms with Gasteiger partial charge >= 0.3 is 5.97 Å². The number of benzene rings is 3. The van der Waals surface area contributed by atoms with Gasteiger partial charge in [-0.1, -0.05) is 49.4 Å². The first-order valence-electron chi connectivity index (χ1n) is 10.1. The summed E-state index contributed by atoms with van der Waals surface area (Å²) in [6.45, 7) is 4.88. The number of fused-ring (bicyclic) bond motifs is 1. The van der Waals surface area contributed by atoms with E-state index >= 15 is 0 Å². The number of nitrogen functional groups attached to an aromatic ring is 1. The molecule has 0 aliphatic rings. The lowest BCUT2D eigenvalue weighted by molar-refractivity contribution is 0.0697. The molecule has 0 aliphatic heterocycles. The highest BCUT2D eigenvalue weighted by molar-refractivity contribution is 5.96. The second-order valence-electron chi connectivity index (χ2n) is 7.62. The highest BCUT2D eigenvalue weighted by atomic mass is 16.4. The fourth-order valence-corrected chi connectivity index (χ4v) is 3.95. The average molecular weight is 399 g/mol. The van der Waals surface area contributed by atoms with Crippen LogP contribution in [-0.4, -0.2) is 20.6 Å². The summed E-state index contributed by atoms with van der Waals surface area (Å²) in [5.74, 6) is 0.137. The number of aryl methyl sites for hydroxylation is 2. The third kappa shape index (κ3) is 3.66. The molecule has 3 aromatic carbocycles. The van der Waals surface area contributed by atoms with E-state index in [1.807, 2.05) is 43.3 Å². The van der Waals surface area contributed by atoms with Crippen LogP contribution in [0.4, 0.5) is 5.69 Å². The summed E-state index contributed by atoms with van der Waals surface area (Å²) < 4.78 is 2.24. The maximum Gasteiger partial charge on any atom is 0.336 e. The number of imidazole rings is 1. The number of nitrogens with two attached hydrogens (primary N) is 1. The number of carboxylic acid groups (broad SMARTS) is 1. The Bertz CT molecular complexity index is 1220. The number of carboxylic acids is 1. The lowest BCUT2D eigenvalue weighted by Crippen LogP contribution is -2.05. The standard InChI is InChI=1S/C25H25N3O2/c1-3-6-23-27-24-16(2)13-19(26)14-22(24)28(23)15-17-9-11-18(12-10-17)20-7-4-5-8-21(20)25(29)30/h4-5,7-14H,3,6,15,26H2,1-2H3,(H,29,30). The second kappa shape index (κ2) is 8.03. The minimum Gasteiger partial charge on any atom is -0.478 e. The molecule has 0 saturated heterocycles. The molecule has 0 amide bonds. The molecule has 1 heterocycles. The largest absolute Gasteiger partial charge is 0.478 e. The van der Waals surface area contributed by atoms with Crippen molar-refractivity contribution in [2.24, 2.45) is 0 Å². The van der Waals surface area contributed by atoms with Gasteiger partial charge in [0.05, 0.1) is 16.6 Å². The van der Waals surface area contributed by atoms with Crippen molar-refractivity contribution in [2.75, 3.05) is 5.73 Å². The minimum absolute atomic E-state index is 0.307. The van der Waals surface area contributed by atoms with Crippen molar-refractivity contribution >= 4 is 22.7 Å². The van der Waals surface area contributed by atoms with Crippen LogP contribution >= 0.6 is 0 Å². The summed E-state index contributed by atoms with van der Waals surface area (Å²) in [7, 11) is 0. The summed E-state index contributed by atoms with van der Waals surface area (Å²) >= 11 is 0. The lowest BCUT2D eigenvalue weighted by Gasteiger charge is -2.11. The van der Waals surface area contributed by atoms with Gasteiger partial charge in [-0.15, -0.1) is 0 Å². The molecule has 0 fully saturated rings. The predicted molar refractivity (Wildman–Crippen MR) is 121 cm³/mol. The number of hydrogen-bond donors (Lipinski definition) is 2. The van der Waals surface area contributed by atoms with Crippen molar-refractivity contribution in [1.29, 1.82) is 0 Å². The summed E-state index contributed by atoms with van der Waals surface area (Å²) in [6, 6.07) is 19.1. The van der Waals surface area contributed by atoms with Crippen molar-refractivity contribution < 1.29 is 9.90 Å². The SMILES string of the molecule is CCCc1nc2c(C)cc(N)cc2n1Cc1ccc(-c2ccccc2C(=O)O)cc1. The number of anilines is 1. The number of carbonyl (C=O) groups is 1. The Balaban J connectivity index is 1.71. The zero-order valence-corrected chi connectivity index (χ0v) is 17.2. The molecule has 0 spiro atoms. The van der Waals surface area contributed by atoms with E-state index in [4.69, 9.17) is 10.7 Å². The molecule has 0 bridgehead atoms. The van der Waals surface area contributed by atoms with E-state index in [0.717, 1.165) is 57.6 Å². The fourth-order valence-electron chi connectivity index (χ4n) is 3.95. The molecule has 30 heavy (non-hydrogen) atoms. The van der Waals surface area contributed by atoms with Crippen LogP contribution in [0.1, 0.15) is 40.7 Å². The highest BCUT2D eigenvalue weighted by Gasteiger charge is 2.14. The van der Waals surface area contributed by atoms with Crippen LogP contribution in [0.3, 0.4) is 0 Å². The molecule has 1 aromatic heterocycles. The maximum absolute atomic E-state index is 11.5. The average Bonchev–Trinajstić information content (AvgIpc) is 3.06. The second-order valence-corrected chi connectivity index (χ2v) is 7.62. The number of rotatable bonds is 6. The smallest absolute Gasteiger partial charge is 0.336 e. The molecule has 0 atom stereocenters. The molecule has 0 saturated carbocycles. The molecule has 0 unspecified atom stereocenters. The Kier molecular flexibility index (Phi) is 5.27. The topological polar surface area (TPSA) is 81.1 Å². The normalized spacial score (nSPS) is 11.1. The molecule has 0 radical (unpaired) electrons. The molecule has 0 aliphatic carbocycles. The van der Waals surface area contributed by atoms with Crippen molar-refractivity contribution in [3.63, 3.8) is 0 Å². The molecular weight excluding hydrogens is 374 g/mol. The Hall–Kier alpha value is -3.60. The van der Waals surface area contributed by atoms with Gasteiger partial charge in [-0.3, -0.25) is 0 Å². The first-order valence-corrected chi connectivity index (χ1v) is 10.1. The minimum atomic E-state index is -0.920. The van der Waals surface area contributed by atoms with Gasteiger partial charge in [-0.2, -0.15) is 0 Å². The Labute approximate surface area is 175 Å². The van der Waals surface area contributed by atoms with Gasteiger partial charge in [0.15, 0.2) is 0 Å². The van der Waals surface area contributed by atoms with Gasteiger partial charge < -0.3 is 15.4 Å². The zero-order valence-electron chi connectivity index (χ0n) is 17.2. The Morgan fingerprint density at radius 3 is 2.53 bits per heavy atom. The highest BCUT2D eigenvalue weighted by Crippen LogP contribution is 2.27. The van der Waals surface area contributed by atoms with Gasteiger partial charge in [0.1, 0.15) is 5.82 Å².